The first kappa shape index (κ1) is 11.5. The molecule has 4 nitrogen and oxygen atoms in total. The number of hydrogen-bond acceptors (Lipinski definition) is 3. The Morgan fingerprint density at radius 2 is 2.07 bits per heavy atom. The Morgan fingerprint density at radius 3 is 2.57 bits per heavy atom. The van der Waals surface area contributed by atoms with Crippen LogP contribution >= 0.6 is 0 Å². The van der Waals surface area contributed by atoms with E-state index >= 15 is 0 Å². The Hall–Kier alpha value is -0.610. The molecule has 0 atom stereocenters. The largest absolute Gasteiger partial charge is 0.389 e. The maximum Gasteiger partial charge on any atom is 0.223 e. The summed E-state index contributed by atoms with van der Waals surface area (Å²) < 4.78 is 5.17. The zero-order valence-electron chi connectivity index (χ0n) is 8.88. The Kier molecular flexibility index (Phi) is 3.89. The summed E-state index contributed by atoms with van der Waals surface area (Å²) in [5, 5.41) is 12.2. The van der Waals surface area contributed by atoms with Gasteiger partial charge in [0.05, 0.1) is 5.60 Å². The van der Waals surface area contributed by atoms with Crippen LogP contribution in [-0.4, -0.2) is 36.4 Å². The molecule has 0 bridgehead atoms. The van der Waals surface area contributed by atoms with Crippen LogP contribution in [0.25, 0.3) is 0 Å². The molecule has 0 unspecified atom stereocenters. The van der Waals surface area contributed by atoms with E-state index in [2.05, 4.69) is 5.32 Å². The van der Waals surface area contributed by atoms with Crippen molar-refractivity contribution in [3.8, 4) is 0 Å². The molecule has 1 aliphatic rings. The Balaban J connectivity index is 2.27. The number of carbonyl (C=O) groups is 1. The number of hydrogen-bond donors (Lipinski definition) is 2. The van der Waals surface area contributed by atoms with Gasteiger partial charge in [0.1, 0.15) is 0 Å². The third-order valence-corrected chi connectivity index (χ3v) is 2.29. The smallest absolute Gasteiger partial charge is 0.223 e. The van der Waals surface area contributed by atoms with Gasteiger partial charge in [0.2, 0.25) is 5.91 Å². The normalized spacial score (nSPS) is 19.4. The van der Waals surface area contributed by atoms with E-state index in [1.54, 1.807) is 13.8 Å². The molecule has 1 aliphatic heterocycles. The second-order valence-corrected chi connectivity index (χ2v) is 4.42. The standard InChI is InChI=1S/C10H19NO3/c1-10(2,13)7-11-9(12)8-3-5-14-6-4-8/h8,13H,3-7H2,1-2H3,(H,11,12). The summed E-state index contributed by atoms with van der Waals surface area (Å²) in [5.41, 5.74) is -0.833. The molecule has 0 radical (unpaired) electrons. The molecule has 0 spiro atoms. The van der Waals surface area contributed by atoms with Gasteiger partial charge in [-0.05, 0) is 26.7 Å². The van der Waals surface area contributed by atoms with Gasteiger partial charge in [0.15, 0.2) is 0 Å². The monoisotopic (exact) mass is 201 g/mol. The number of aliphatic hydroxyl groups is 1. The Morgan fingerprint density at radius 1 is 1.50 bits per heavy atom. The lowest BCUT2D eigenvalue weighted by molar-refractivity contribution is -0.128. The van der Waals surface area contributed by atoms with Crippen LogP contribution in [0.3, 0.4) is 0 Å². The molecule has 1 heterocycles. The van der Waals surface area contributed by atoms with Crippen LogP contribution in [0.15, 0.2) is 0 Å². The van der Waals surface area contributed by atoms with Crippen LogP contribution in [0.5, 0.6) is 0 Å². The van der Waals surface area contributed by atoms with Crippen molar-refractivity contribution in [1.29, 1.82) is 0 Å². The lowest BCUT2D eigenvalue weighted by Gasteiger charge is -2.23. The van der Waals surface area contributed by atoms with Crippen LogP contribution in [0, 0.1) is 5.92 Å². The first-order valence-electron chi connectivity index (χ1n) is 5.07. The van der Waals surface area contributed by atoms with Crippen LogP contribution in [0.1, 0.15) is 26.7 Å². The van der Waals surface area contributed by atoms with Gasteiger partial charge < -0.3 is 15.2 Å². The number of ether oxygens (including phenoxy) is 1. The molecule has 1 amide bonds. The van der Waals surface area contributed by atoms with Crippen LogP contribution in [-0.2, 0) is 9.53 Å². The average molecular weight is 201 g/mol. The summed E-state index contributed by atoms with van der Waals surface area (Å²) in [6.07, 6.45) is 1.58. The summed E-state index contributed by atoms with van der Waals surface area (Å²) in [6, 6.07) is 0. The zero-order valence-corrected chi connectivity index (χ0v) is 8.88. The summed E-state index contributed by atoms with van der Waals surface area (Å²) in [7, 11) is 0. The highest BCUT2D eigenvalue weighted by Crippen LogP contribution is 2.14. The van der Waals surface area contributed by atoms with Gasteiger partial charge in [0.25, 0.3) is 0 Å². The Labute approximate surface area is 84.6 Å². The molecule has 0 aromatic rings. The van der Waals surface area contributed by atoms with Crippen molar-refractivity contribution in [2.24, 2.45) is 5.92 Å². The first-order valence-corrected chi connectivity index (χ1v) is 5.07. The number of amides is 1. The molecule has 0 saturated carbocycles. The van der Waals surface area contributed by atoms with Gasteiger partial charge in [-0.25, -0.2) is 0 Å². The average Bonchev–Trinajstić information content (AvgIpc) is 2.14. The molecule has 14 heavy (non-hydrogen) atoms. The fourth-order valence-electron chi connectivity index (χ4n) is 1.41. The van der Waals surface area contributed by atoms with E-state index in [1.807, 2.05) is 0 Å². The van der Waals surface area contributed by atoms with E-state index in [1.165, 1.54) is 0 Å². The van der Waals surface area contributed by atoms with Gasteiger partial charge in [-0.1, -0.05) is 0 Å². The Bertz CT molecular complexity index is 192. The highest BCUT2D eigenvalue weighted by atomic mass is 16.5. The summed E-state index contributed by atoms with van der Waals surface area (Å²) in [5.74, 6) is 0.0986. The van der Waals surface area contributed by atoms with Gasteiger partial charge >= 0.3 is 0 Å². The lowest BCUT2D eigenvalue weighted by Crippen LogP contribution is -2.42. The van der Waals surface area contributed by atoms with E-state index < -0.39 is 5.60 Å². The molecular weight excluding hydrogens is 182 g/mol. The van der Waals surface area contributed by atoms with E-state index in [4.69, 9.17) is 4.74 Å². The fourth-order valence-corrected chi connectivity index (χ4v) is 1.41. The maximum absolute atomic E-state index is 11.6. The SMILES string of the molecule is CC(C)(O)CNC(=O)C1CCOCC1. The van der Waals surface area contributed by atoms with Crippen LogP contribution in [0.2, 0.25) is 0 Å². The number of rotatable bonds is 3. The van der Waals surface area contributed by atoms with Crippen molar-refractivity contribution >= 4 is 5.91 Å². The minimum absolute atomic E-state index is 0.0374. The summed E-state index contributed by atoms with van der Waals surface area (Å²) in [4.78, 5) is 11.6. The van der Waals surface area contributed by atoms with Crippen molar-refractivity contribution in [3.05, 3.63) is 0 Å². The minimum Gasteiger partial charge on any atom is -0.389 e. The zero-order chi connectivity index (χ0) is 10.6. The summed E-state index contributed by atoms with van der Waals surface area (Å²) in [6.45, 7) is 5.00. The summed E-state index contributed by atoms with van der Waals surface area (Å²) >= 11 is 0. The predicted molar refractivity (Wildman–Crippen MR) is 52.9 cm³/mol. The van der Waals surface area contributed by atoms with Crippen molar-refractivity contribution in [1.82, 2.24) is 5.32 Å². The van der Waals surface area contributed by atoms with E-state index in [-0.39, 0.29) is 11.8 Å². The fraction of sp³-hybridized carbons (Fsp3) is 0.900. The van der Waals surface area contributed by atoms with E-state index in [0.717, 1.165) is 12.8 Å². The molecule has 0 aliphatic carbocycles. The van der Waals surface area contributed by atoms with Crippen molar-refractivity contribution in [3.63, 3.8) is 0 Å². The van der Waals surface area contributed by atoms with Gasteiger partial charge in [-0.2, -0.15) is 0 Å². The van der Waals surface area contributed by atoms with Crippen molar-refractivity contribution < 1.29 is 14.6 Å². The third kappa shape index (κ3) is 4.07. The lowest BCUT2D eigenvalue weighted by atomic mass is 9.99. The highest BCUT2D eigenvalue weighted by Gasteiger charge is 2.23. The van der Waals surface area contributed by atoms with Gasteiger partial charge in [0, 0.05) is 25.7 Å². The first-order chi connectivity index (χ1) is 6.49. The van der Waals surface area contributed by atoms with Gasteiger partial charge in [-0.15, -0.1) is 0 Å². The molecule has 4 heteroatoms. The maximum atomic E-state index is 11.6. The topological polar surface area (TPSA) is 58.6 Å². The van der Waals surface area contributed by atoms with Gasteiger partial charge in [-0.3, -0.25) is 4.79 Å². The number of nitrogens with one attached hydrogen (secondary N) is 1. The molecule has 1 fully saturated rings. The van der Waals surface area contributed by atoms with Crippen molar-refractivity contribution in [2.75, 3.05) is 19.8 Å². The highest BCUT2D eigenvalue weighted by molar-refractivity contribution is 5.78. The second kappa shape index (κ2) is 4.75. The van der Waals surface area contributed by atoms with E-state index in [9.17, 15) is 9.90 Å². The van der Waals surface area contributed by atoms with Crippen molar-refractivity contribution in [2.45, 2.75) is 32.3 Å². The quantitative estimate of drug-likeness (QED) is 0.690. The second-order valence-electron chi connectivity index (χ2n) is 4.42. The molecule has 82 valence electrons. The third-order valence-electron chi connectivity index (χ3n) is 2.29. The number of carbonyl (C=O) groups excluding carboxylic acids is 1. The van der Waals surface area contributed by atoms with Crippen LogP contribution in [0.4, 0.5) is 0 Å². The molecular formula is C10H19NO3. The predicted octanol–water partition coefficient (Wildman–Crippen LogP) is 0.300. The van der Waals surface area contributed by atoms with E-state index in [0.29, 0.717) is 19.8 Å². The molecule has 0 aromatic carbocycles. The molecule has 2 N–H and O–H groups in total. The molecule has 1 rings (SSSR count). The molecule has 0 aromatic heterocycles. The van der Waals surface area contributed by atoms with Crippen LogP contribution < -0.4 is 5.32 Å². The molecule has 1 saturated heterocycles. The minimum atomic E-state index is -0.833.